The average molecular weight is 379 g/mol. The van der Waals surface area contributed by atoms with Crippen LogP contribution in [0.5, 0.6) is 11.5 Å². The first-order valence-electron chi connectivity index (χ1n) is 8.78. The Morgan fingerprint density at radius 2 is 1.86 bits per heavy atom. The SMILES string of the molecule is NC(=O)c1ccccc1OCc1cc(F)cc2c1O[C@@H](c1ccccc1)OC2. The summed E-state index contributed by atoms with van der Waals surface area (Å²) in [7, 11) is 0. The van der Waals surface area contributed by atoms with Gasteiger partial charge in [0.1, 0.15) is 23.9 Å². The quantitative estimate of drug-likeness (QED) is 0.724. The Kier molecular flexibility index (Phi) is 4.95. The fourth-order valence-corrected chi connectivity index (χ4v) is 3.11. The molecule has 1 aliphatic rings. The van der Waals surface area contributed by atoms with Crippen LogP contribution < -0.4 is 15.2 Å². The van der Waals surface area contributed by atoms with Gasteiger partial charge in [-0.1, -0.05) is 42.5 Å². The molecule has 0 spiro atoms. The molecule has 0 radical (unpaired) electrons. The first-order valence-corrected chi connectivity index (χ1v) is 8.78. The number of nitrogens with two attached hydrogens (primary N) is 1. The topological polar surface area (TPSA) is 70.8 Å². The molecule has 0 aliphatic carbocycles. The van der Waals surface area contributed by atoms with Gasteiger partial charge in [0.2, 0.25) is 6.29 Å². The number of amides is 1. The second-order valence-corrected chi connectivity index (χ2v) is 6.37. The molecule has 142 valence electrons. The predicted octanol–water partition coefficient (Wildman–Crippen LogP) is 4.11. The molecule has 3 aromatic rings. The number of para-hydroxylation sites is 1. The van der Waals surface area contributed by atoms with Crippen molar-refractivity contribution in [2.24, 2.45) is 5.73 Å². The van der Waals surface area contributed by atoms with Crippen LogP contribution in [-0.2, 0) is 18.0 Å². The molecule has 0 fully saturated rings. The summed E-state index contributed by atoms with van der Waals surface area (Å²) in [4.78, 5) is 11.6. The molecular formula is C22H18FNO4. The Morgan fingerprint density at radius 3 is 2.64 bits per heavy atom. The van der Waals surface area contributed by atoms with Crippen molar-refractivity contribution in [3.05, 3.63) is 94.8 Å². The molecule has 0 unspecified atom stereocenters. The molecule has 3 aromatic carbocycles. The molecule has 0 saturated heterocycles. The highest BCUT2D eigenvalue weighted by atomic mass is 19.1. The largest absolute Gasteiger partial charge is 0.488 e. The van der Waals surface area contributed by atoms with Gasteiger partial charge in [0.25, 0.3) is 5.91 Å². The van der Waals surface area contributed by atoms with Gasteiger partial charge >= 0.3 is 0 Å². The van der Waals surface area contributed by atoms with Gasteiger partial charge in [-0.2, -0.15) is 0 Å². The Bertz CT molecular complexity index is 1010. The minimum absolute atomic E-state index is 0.0197. The van der Waals surface area contributed by atoms with Crippen LogP contribution in [0.25, 0.3) is 0 Å². The highest BCUT2D eigenvalue weighted by Crippen LogP contribution is 2.37. The van der Waals surface area contributed by atoms with Crippen LogP contribution in [0.15, 0.2) is 66.7 Å². The Balaban J connectivity index is 1.61. The van der Waals surface area contributed by atoms with Gasteiger partial charge in [0.05, 0.1) is 12.2 Å². The Morgan fingerprint density at radius 1 is 1.11 bits per heavy atom. The molecule has 28 heavy (non-hydrogen) atoms. The van der Waals surface area contributed by atoms with E-state index in [4.69, 9.17) is 19.9 Å². The number of halogens is 1. The lowest BCUT2D eigenvalue weighted by atomic mass is 10.1. The van der Waals surface area contributed by atoms with E-state index in [9.17, 15) is 9.18 Å². The summed E-state index contributed by atoms with van der Waals surface area (Å²) < 4.78 is 31.6. The van der Waals surface area contributed by atoms with Crippen molar-refractivity contribution < 1.29 is 23.4 Å². The normalized spacial score (nSPS) is 15.4. The fraction of sp³-hybridized carbons (Fsp3) is 0.136. The van der Waals surface area contributed by atoms with Crippen molar-refractivity contribution in [1.82, 2.24) is 0 Å². The van der Waals surface area contributed by atoms with E-state index in [2.05, 4.69) is 0 Å². The zero-order valence-corrected chi connectivity index (χ0v) is 14.9. The van der Waals surface area contributed by atoms with Gasteiger partial charge < -0.3 is 19.9 Å². The third kappa shape index (κ3) is 3.68. The summed E-state index contributed by atoms with van der Waals surface area (Å²) in [5.74, 6) is -0.144. The number of carbonyl (C=O) groups excluding carboxylic acids is 1. The van der Waals surface area contributed by atoms with Crippen molar-refractivity contribution >= 4 is 5.91 Å². The number of carbonyl (C=O) groups is 1. The first-order chi connectivity index (χ1) is 13.6. The third-order valence-electron chi connectivity index (χ3n) is 4.43. The monoisotopic (exact) mass is 379 g/mol. The van der Waals surface area contributed by atoms with E-state index in [-0.39, 0.29) is 18.8 Å². The van der Waals surface area contributed by atoms with E-state index in [1.165, 1.54) is 12.1 Å². The number of ether oxygens (including phenoxy) is 3. The van der Waals surface area contributed by atoms with Crippen LogP contribution in [0.1, 0.15) is 33.3 Å². The molecule has 1 heterocycles. The summed E-state index contributed by atoms with van der Waals surface area (Å²) in [6, 6.07) is 18.9. The molecule has 5 nitrogen and oxygen atoms in total. The molecule has 1 amide bonds. The van der Waals surface area contributed by atoms with Gasteiger partial charge in [-0.3, -0.25) is 4.79 Å². The van der Waals surface area contributed by atoms with Crippen molar-refractivity contribution in [3.63, 3.8) is 0 Å². The second-order valence-electron chi connectivity index (χ2n) is 6.37. The van der Waals surface area contributed by atoms with Crippen LogP contribution in [-0.4, -0.2) is 5.91 Å². The minimum atomic E-state index is -0.592. The summed E-state index contributed by atoms with van der Waals surface area (Å²) in [6.07, 6.45) is -0.587. The summed E-state index contributed by atoms with van der Waals surface area (Å²) in [5.41, 5.74) is 7.64. The number of primary amides is 1. The predicted molar refractivity (Wildman–Crippen MR) is 100 cm³/mol. The fourth-order valence-electron chi connectivity index (χ4n) is 3.11. The summed E-state index contributed by atoms with van der Waals surface area (Å²) in [5, 5.41) is 0. The standard InChI is InChI=1S/C22H18FNO4/c23-17-10-15(12-26-19-9-5-4-8-18(19)21(24)25)20-16(11-17)13-27-22(28-20)14-6-2-1-3-7-14/h1-11,22H,12-13H2,(H2,24,25)/t22-/m0/s1. The zero-order valence-electron chi connectivity index (χ0n) is 14.9. The smallest absolute Gasteiger partial charge is 0.252 e. The van der Waals surface area contributed by atoms with Crippen LogP contribution >= 0.6 is 0 Å². The van der Waals surface area contributed by atoms with Crippen LogP contribution in [0.4, 0.5) is 4.39 Å². The third-order valence-corrected chi connectivity index (χ3v) is 4.43. The van der Waals surface area contributed by atoms with Crippen molar-refractivity contribution in [2.75, 3.05) is 0 Å². The van der Waals surface area contributed by atoms with E-state index < -0.39 is 18.0 Å². The highest BCUT2D eigenvalue weighted by molar-refractivity contribution is 5.95. The lowest BCUT2D eigenvalue weighted by Crippen LogP contribution is -2.20. The maximum absolute atomic E-state index is 14.1. The molecule has 1 aliphatic heterocycles. The van der Waals surface area contributed by atoms with Crippen LogP contribution in [0.3, 0.4) is 0 Å². The van der Waals surface area contributed by atoms with E-state index >= 15 is 0 Å². The van der Waals surface area contributed by atoms with Gasteiger partial charge in [-0.05, 0) is 24.3 Å². The van der Waals surface area contributed by atoms with Crippen molar-refractivity contribution in [3.8, 4) is 11.5 Å². The van der Waals surface area contributed by atoms with E-state index in [1.807, 2.05) is 30.3 Å². The molecule has 0 bridgehead atoms. The van der Waals surface area contributed by atoms with Gasteiger partial charge in [-0.15, -0.1) is 0 Å². The van der Waals surface area contributed by atoms with Crippen molar-refractivity contribution in [1.29, 1.82) is 0 Å². The maximum atomic E-state index is 14.1. The van der Waals surface area contributed by atoms with Gasteiger partial charge in [0.15, 0.2) is 0 Å². The minimum Gasteiger partial charge on any atom is -0.488 e. The first kappa shape index (κ1) is 18.0. The summed E-state index contributed by atoms with van der Waals surface area (Å²) >= 11 is 0. The number of fused-ring (bicyclic) bond motifs is 1. The molecule has 1 atom stereocenters. The molecular weight excluding hydrogens is 361 g/mol. The number of hydrogen-bond donors (Lipinski definition) is 1. The Hall–Kier alpha value is -3.38. The highest BCUT2D eigenvalue weighted by Gasteiger charge is 2.25. The maximum Gasteiger partial charge on any atom is 0.252 e. The lowest BCUT2D eigenvalue weighted by Gasteiger charge is -2.28. The van der Waals surface area contributed by atoms with Gasteiger partial charge in [0, 0.05) is 16.7 Å². The Labute approximate surface area is 161 Å². The van der Waals surface area contributed by atoms with Gasteiger partial charge in [-0.25, -0.2) is 4.39 Å². The molecule has 0 aromatic heterocycles. The average Bonchev–Trinajstić information content (AvgIpc) is 2.72. The van der Waals surface area contributed by atoms with Crippen LogP contribution in [0, 0.1) is 5.82 Å². The molecule has 0 saturated carbocycles. The van der Waals surface area contributed by atoms with Crippen LogP contribution in [0.2, 0.25) is 0 Å². The number of hydrogen-bond acceptors (Lipinski definition) is 4. The molecule has 6 heteroatoms. The van der Waals surface area contributed by atoms with Crippen molar-refractivity contribution in [2.45, 2.75) is 19.5 Å². The number of benzene rings is 3. The van der Waals surface area contributed by atoms with E-state index in [0.717, 1.165) is 5.56 Å². The molecule has 4 rings (SSSR count). The lowest BCUT2D eigenvalue weighted by molar-refractivity contribution is -0.112. The summed E-state index contributed by atoms with van der Waals surface area (Å²) in [6.45, 7) is 0.240. The number of rotatable bonds is 5. The second kappa shape index (κ2) is 7.70. The zero-order chi connectivity index (χ0) is 19.5. The van der Waals surface area contributed by atoms with E-state index in [1.54, 1.807) is 24.3 Å². The van der Waals surface area contributed by atoms with E-state index in [0.29, 0.717) is 22.6 Å². The molecule has 2 N–H and O–H groups in total.